The van der Waals surface area contributed by atoms with E-state index in [0.29, 0.717) is 0 Å². The number of amides is 3. The number of rotatable bonds is 3. The third-order valence-corrected chi connectivity index (χ3v) is 3.24. The summed E-state index contributed by atoms with van der Waals surface area (Å²) in [5.74, 6) is -2.78. The van der Waals surface area contributed by atoms with E-state index in [1.165, 1.54) is 37.2 Å². The van der Waals surface area contributed by atoms with Gasteiger partial charge in [-0.25, -0.2) is 16.4 Å². The molecular formula is C12H15N3O6. The van der Waals surface area contributed by atoms with Crippen LogP contribution in [0.25, 0.3) is 0 Å². The number of carbonyl (C=O) groups is 3. The van der Waals surface area contributed by atoms with Gasteiger partial charge in [-0.2, -0.15) is 0 Å². The standard InChI is InChI=1S/C12H15N3O6/c1-4-7(10(16)13-19)5(2)9(12(18)15-21)6(3)8(4)11(17)14-20/h19-21H,1-3H3,(H,13,16)(H,14,17)(H,15,18). The van der Waals surface area contributed by atoms with Gasteiger partial charge < -0.3 is 0 Å². The summed E-state index contributed by atoms with van der Waals surface area (Å²) in [6, 6.07) is 0. The molecule has 0 saturated heterocycles. The lowest BCUT2D eigenvalue weighted by molar-refractivity contribution is 0.0694. The molecule has 0 unspecified atom stereocenters. The molecule has 0 radical (unpaired) electrons. The summed E-state index contributed by atoms with van der Waals surface area (Å²) in [4.78, 5) is 35.2. The Balaban J connectivity index is 3.87. The maximum Gasteiger partial charge on any atom is 0.275 e. The molecular weight excluding hydrogens is 282 g/mol. The predicted molar refractivity (Wildman–Crippen MR) is 68.4 cm³/mol. The fourth-order valence-corrected chi connectivity index (χ4v) is 2.41. The molecule has 0 aromatic heterocycles. The highest BCUT2D eigenvalue weighted by molar-refractivity contribution is 6.08. The Kier molecular flexibility index (Phi) is 4.97. The van der Waals surface area contributed by atoms with Crippen molar-refractivity contribution in [3.05, 3.63) is 33.4 Å². The van der Waals surface area contributed by atoms with Crippen LogP contribution < -0.4 is 16.4 Å². The molecule has 0 aliphatic rings. The highest BCUT2D eigenvalue weighted by Gasteiger charge is 2.27. The molecule has 1 aromatic rings. The van der Waals surface area contributed by atoms with Gasteiger partial charge in [-0.1, -0.05) is 0 Å². The lowest BCUT2D eigenvalue weighted by Crippen LogP contribution is -2.30. The zero-order chi connectivity index (χ0) is 16.3. The Morgan fingerprint density at radius 2 is 0.810 bits per heavy atom. The molecule has 9 heteroatoms. The van der Waals surface area contributed by atoms with Crippen LogP contribution >= 0.6 is 0 Å². The number of nitrogens with one attached hydrogen (secondary N) is 3. The first-order valence-corrected chi connectivity index (χ1v) is 5.78. The molecule has 3 amide bonds. The van der Waals surface area contributed by atoms with E-state index in [1.807, 2.05) is 0 Å². The van der Waals surface area contributed by atoms with Crippen molar-refractivity contribution in [1.82, 2.24) is 16.4 Å². The number of carbonyl (C=O) groups excluding carboxylic acids is 3. The molecule has 0 saturated carbocycles. The molecule has 0 aliphatic heterocycles. The minimum Gasteiger partial charge on any atom is -0.288 e. The zero-order valence-corrected chi connectivity index (χ0v) is 11.6. The summed E-state index contributed by atoms with van der Waals surface area (Å²) in [5, 5.41) is 26.3. The van der Waals surface area contributed by atoms with Gasteiger partial charge in [-0.3, -0.25) is 30.0 Å². The normalized spacial score (nSPS) is 10.0. The van der Waals surface area contributed by atoms with Gasteiger partial charge in [0.05, 0.1) is 0 Å². The summed E-state index contributed by atoms with van der Waals surface area (Å²) in [6.07, 6.45) is 0. The van der Waals surface area contributed by atoms with Crippen LogP contribution in [0.5, 0.6) is 0 Å². The molecule has 0 atom stereocenters. The number of hydrogen-bond donors (Lipinski definition) is 6. The van der Waals surface area contributed by atoms with Gasteiger partial charge in [-0.15, -0.1) is 0 Å². The third-order valence-electron chi connectivity index (χ3n) is 3.24. The molecule has 9 nitrogen and oxygen atoms in total. The van der Waals surface area contributed by atoms with E-state index in [4.69, 9.17) is 15.6 Å². The van der Waals surface area contributed by atoms with E-state index >= 15 is 0 Å². The number of hydrogen-bond acceptors (Lipinski definition) is 6. The van der Waals surface area contributed by atoms with E-state index in [-0.39, 0.29) is 33.4 Å². The molecule has 1 aromatic carbocycles. The van der Waals surface area contributed by atoms with Crippen LogP contribution in [0.2, 0.25) is 0 Å². The Bertz CT molecular complexity index is 519. The second-order valence-corrected chi connectivity index (χ2v) is 4.32. The van der Waals surface area contributed by atoms with Gasteiger partial charge in [0.25, 0.3) is 17.7 Å². The second-order valence-electron chi connectivity index (χ2n) is 4.32. The van der Waals surface area contributed by atoms with Gasteiger partial charge >= 0.3 is 0 Å². The molecule has 0 fully saturated rings. The monoisotopic (exact) mass is 297 g/mol. The Labute approximate surface area is 119 Å². The smallest absolute Gasteiger partial charge is 0.275 e. The van der Waals surface area contributed by atoms with Crippen LogP contribution in [0.1, 0.15) is 47.8 Å². The maximum absolute atomic E-state index is 11.7. The number of hydroxylamine groups is 3. The second kappa shape index (κ2) is 6.31. The summed E-state index contributed by atoms with van der Waals surface area (Å²) < 4.78 is 0. The van der Waals surface area contributed by atoms with Gasteiger partial charge in [0.2, 0.25) is 0 Å². The van der Waals surface area contributed by atoms with Crippen LogP contribution in [-0.2, 0) is 0 Å². The first-order valence-electron chi connectivity index (χ1n) is 5.78. The van der Waals surface area contributed by atoms with Gasteiger partial charge in [0, 0.05) is 16.7 Å². The van der Waals surface area contributed by atoms with E-state index in [9.17, 15) is 14.4 Å². The van der Waals surface area contributed by atoms with Crippen molar-refractivity contribution in [3.63, 3.8) is 0 Å². The van der Waals surface area contributed by atoms with Crippen molar-refractivity contribution < 1.29 is 30.0 Å². The summed E-state index contributed by atoms with van der Waals surface area (Å²) in [6.45, 7) is 4.28. The molecule has 114 valence electrons. The highest BCUT2D eigenvalue weighted by atomic mass is 16.5. The van der Waals surface area contributed by atoms with Crippen LogP contribution in [0.3, 0.4) is 0 Å². The zero-order valence-electron chi connectivity index (χ0n) is 11.6. The van der Waals surface area contributed by atoms with Crippen LogP contribution in [-0.4, -0.2) is 33.3 Å². The number of benzene rings is 1. The highest BCUT2D eigenvalue weighted by Crippen LogP contribution is 2.27. The van der Waals surface area contributed by atoms with Crippen LogP contribution in [0.15, 0.2) is 0 Å². The lowest BCUT2D eigenvalue weighted by atomic mass is 9.87. The first-order chi connectivity index (χ1) is 9.81. The lowest BCUT2D eigenvalue weighted by Gasteiger charge is -2.19. The molecule has 21 heavy (non-hydrogen) atoms. The molecule has 0 heterocycles. The van der Waals surface area contributed by atoms with Gasteiger partial charge in [0.15, 0.2) is 0 Å². The minimum absolute atomic E-state index is 0.111. The Morgan fingerprint density at radius 3 is 0.952 bits per heavy atom. The Morgan fingerprint density at radius 1 is 0.619 bits per heavy atom. The average Bonchev–Trinajstić information content (AvgIpc) is 2.46. The van der Waals surface area contributed by atoms with Gasteiger partial charge in [-0.05, 0) is 37.5 Å². The SMILES string of the molecule is Cc1c(C(=O)NO)c(C)c(C(=O)NO)c(C)c1C(=O)NO. The van der Waals surface area contributed by atoms with Crippen molar-refractivity contribution in [2.24, 2.45) is 0 Å². The topological polar surface area (TPSA) is 148 Å². The summed E-state index contributed by atoms with van der Waals surface area (Å²) in [5.41, 5.74) is 4.43. The molecule has 0 bridgehead atoms. The van der Waals surface area contributed by atoms with E-state index in [2.05, 4.69) is 0 Å². The van der Waals surface area contributed by atoms with E-state index in [1.54, 1.807) is 0 Å². The largest absolute Gasteiger partial charge is 0.288 e. The average molecular weight is 297 g/mol. The Hall–Kier alpha value is -2.49. The fourth-order valence-electron chi connectivity index (χ4n) is 2.41. The first kappa shape index (κ1) is 16.6. The fraction of sp³-hybridized carbons (Fsp3) is 0.250. The summed E-state index contributed by atoms with van der Waals surface area (Å²) >= 11 is 0. The van der Waals surface area contributed by atoms with E-state index in [0.717, 1.165) is 0 Å². The van der Waals surface area contributed by atoms with Crippen LogP contribution in [0, 0.1) is 20.8 Å². The quantitative estimate of drug-likeness (QED) is 0.341. The molecule has 1 rings (SSSR count). The molecule has 0 aliphatic carbocycles. The van der Waals surface area contributed by atoms with E-state index < -0.39 is 17.7 Å². The van der Waals surface area contributed by atoms with Crippen molar-refractivity contribution >= 4 is 17.7 Å². The molecule has 6 N–H and O–H groups in total. The van der Waals surface area contributed by atoms with Crippen molar-refractivity contribution in [2.75, 3.05) is 0 Å². The van der Waals surface area contributed by atoms with Crippen molar-refractivity contribution in [3.8, 4) is 0 Å². The predicted octanol–water partition coefficient (Wildman–Crippen LogP) is -0.0311. The van der Waals surface area contributed by atoms with Crippen LogP contribution in [0.4, 0.5) is 0 Å². The van der Waals surface area contributed by atoms with Gasteiger partial charge in [0.1, 0.15) is 0 Å². The van der Waals surface area contributed by atoms with Crippen molar-refractivity contribution in [1.29, 1.82) is 0 Å². The minimum atomic E-state index is -0.927. The van der Waals surface area contributed by atoms with Crippen molar-refractivity contribution in [2.45, 2.75) is 20.8 Å². The maximum atomic E-state index is 11.7. The summed E-state index contributed by atoms with van der Waals surface area (Å²) in [7, 11) is 0. The molecule has 0 spiro atoms. The third kappa shape index (κ3) is 2.70.